The quantitative estimate of drug-likeness (QED) is 0.678. The first-order valence-electron chi connectivity index (χ1n) is 4.66. The molecule has 0 spiro atoms. The van der Waals surface area contributed by atoms with Crippen LogP contribution in [0.4, 0.5) is 0 Å². The van der Waals surface area contributed by atoms with Crippen molar-refractivity contribution in [3.05, 3.63) is 12.7 Å². The van der Waals surface area contributed by atoms with E-state index >= 15 is 0 Å². The SMILES string of the molecule is C=C[C@H]1C[C@@H](CCO)OC(C)(C)O1. The van der Waals surface area contributed by atoms with E-state index in [4.69, 9.17) is 14.6 Å². The molecule has 1 rings (SSSR count). The van der Waals surface area contributed by atoms with Gasteiger partial charge in [0.1, 0.15) is 0 Å². The maximum Gasteiger partial charge on any atom is 0.163 e. The number of aliphatic hydroxyl groups excluding tert-OH is 1. The Morgan fingerprint density at radius 2 is 2.23 bits per heavy atom. The lowest BCUT2D eigenvalue weighted by molar-refractivity contribution is -0.291. The molecule has 1 aliphatic rings. The molecule has 0 unspecified atom stereocenters. The van der Waals surface area contributed by atoms with Crippen LogP contribution in [0.2, 0.25) is 0 Å². The van der Waals surface area contributed by atoms with Gasteiger partial charge in [-0.1, -0.05) is 6.08 Å². The van der Waals surface area contributed by atoms with Crippen LogP contribution < -0.4 is 0 Å². The predicted molar refractivity (Wildman–Crippen MR) is 50.3 cm³/mol. The lowest BCUT2D eigenvalue weighted by atomic mass is 10.1. The minimum Gasteiger partial charge on any atom is -0.396 e. The van der Waals surface area contributed by atoms with Crippen molar-refractivity contribution in [2.45, 2.75) is 44.7 Å². The summed E-state index contributed by atoms with van der Waals surface area (Å²) in [5.74, 6) is -0.559. The van der Waals surface area contributed by atoms with E-state index in [-0.39, 0.29) is 18.8 Å². The maximum atomic E-state index is 8.80. The molecule has 0 saturated carbocycles. The van der Waals surface area contributed by atoms with Crippen LogP contribution in [0.3, 0.4) is 0 Å². The summed E-state index contributed by atoms with van der Waals surface area (Å²) in [6.07, 6.45) is 3.36. The lowest BCUT2D eigenvalue weighted by Gasteiger charge is -2.39. The average Bonchev–Trinajstić information content (AvgIpc) is 2.02. The van der Waals surface area contributed by atoms with Gasteiger partial charge in [-0.15, -0.1) is 6.58 Å². The minimum atomic E-state index is -0.559. The van der Waals surface area contributed by atoms with Gasteiger partial charge in [-0.3, -0.25) is 0 Å². The first-order chi connectivity index (χ1) is 6.07. The molecule has 0 amide bonds. The Morgan fingerprint density at radius 1 is 1.54 bits per heavy atom. The van der Waals surface area contributed by atoms with Crippen LogP contribution in [-0.4, -0.2) is 29.7 Å². The highest BCUT2D eigenvalue weighted by Gasteiger charge is 2.33. The molecule has 2 atom stereocenters. The highest BCUT2D eigenvalue weighted by Crippen LogP contribution is 2.28. The Morgan fingerprint density at radius 3 is 2.77 bits per heavy atom. The van der Waals surface area contributed by atoms with E-state index in [0.717, 1.165) is 6.42 Å². The van der Waals surface area contributed by atoms with Crippen LogP contribution in [-0.2, 0) is 9.47 Å². The molecular weight excluding hydrogens is 168 g/mol. The van der Waals surface area contributed by atoms with Crippen LogP contribution in [0.1, 0.15) is 26.7 Å². The van der Waals surface area contributed by atoms with E-state index in [9.17, 15) is 0 Å². The Balaban J connectivity index is 2.54. The van der Waals surface area contributed by atoms with E-state index in [2.05, 4.69) is 6.58 Å². The molecule has 0 aromatic rings. The minimum absolute atomic E-state index is 0.0419. The van der Waals surface area contributed by atoms with Crippen molar-refractivity contribution < 1.29 is 14.6 Å². The van der Waals surface area contributed by atoms with Crippen LogP contribution in [0.5, 0.6) is 0 Å². The standard InChI is InChI=1S/C10H18O3/c1-4-8-7-9(5-6-11)13-10(2,3)12-8/h4,8-9,11H,1,5-7H2,2-3H3/t8-,9+/m0/s1. The molecule has 0 aromatic carbocycles. The topological polar surface area (TPSA) is 38.7 Å². The molecule has 3 heteroatoms. The van der Waals surface area contributed by atoms with Crippen molar-refractivity contribution in [3.63, 3.8) is 0 Å². The third kappa shape index (κ3) is 3.10. The summed E-state index contributed by atoms with van der Waals surface area (Å²) in [5, 5.41) is 8.80. The Kier molecular flexibility index (Phi) is 3.47. The number of hydrogen-bond acceptors (Lipinski definition) is 3. The third-order valence-corrected chi connectivity index (χ3v) is 2.09. The third-order valence-electron chi connectivity index (χ3n) is 2.09. The van der Waals surface area contributed by atoms with E-state index in [1.807, 2.05) is 13.8 Å². The van der Waals surface area contributed by atoms with Crippen LogP contribution in [0.25, 0.3) is 0 Å². The summed E-state index contributed by atoms with van der Waals surface area (Å²) < 4.78 is 11.2. The molecule has 1 saturated heterocycles. The molecule has 76 valence electrons. The summed E-state index contributed by atoms with van der Waals surface area (Å²) in [6.45, 7) is 7.62. The van der Waals surface area contributed by atoms with Crippen molar-refractivity contribution in [3.8, 4) is 0 Å². The molecule has 3 nitrogen and oxygen atoms in total. The molecule has 13 heavy (non-hydrogen) atoms. The van der Waals surface area contributed by atoms with Gasteiger partial charge in [-0.25, -0.2) is 0 Å². The largest absolute Gasteiger partial charge is 0.396 e. The van der Waals surface area contributed by atoms with Gasteiger partial charge in [0.05, 0.1) is 12.2 Å². The second-order valence-corrected chi connectivity index (χ2v) is 3.78. The monoisotopic (exact) mass is 186 g/mol. The van der Waals surface area contributed by atoms with Crippen molar-refractivity contribution in [2.75, 3.05) is 6.61 Å². The van der Waals surface area contributed by atoms with Gasteiger partial charge in [0.15, 0.2) is 5.79 Å². The molecule has 1 aliphatic heterocycles. The summed E-state index contributed by atoms with van der Waals surface area (Å²) in [7, 11) is 0. The summed E-state index contributed by atoms with van der Waals surface area (Å²) in [5.41, 5.74) is 0. The van der Waals surface area contributed by atoms with Gasteiger partial charge in [0.2, 0.25) is 0 Å². The second kappa shape index (κ2) is 4.22. The Labute approximate surface area is 79.3 Å². The van der Waals surface area contributed by atoms with Crippen LogP contribution in [0, 0.1) is 0 Å². The predicted octanol–water partition coefficient (Wildman–Crippen LogP) is 1.46. The van der Waals surface area contributed by atoms with E-state index in [1.54, 1.807) is 6.08 Å². The highest BCUT2D eigenvalue weighted by atomic mass is 16.7. The molecule has 1 heterocycles. The zero-order valence-corrected chi connectivity index (χ0v) is 8.32. The van der Waals surface area contributed by atoms with E-state index in [1.165, 1.54) is 0 Å². The fourth-order valence-electron chi connectivity index (χ4n) is 1.61. The second-order valence-electron chi connectivity index (χ2n) is 3.78. The van der Waals surface area contributed by atoms with Gasteiger partial charge in [0.25, 0.3) is 0 Å². The smallest absolute Gasteiger partial charge is 0.163 e. The molecule has 0 bridgehead atoms. The highest BCUT2D eigenvalue weighted by molar-refractivity contribution is 4.87. The van der Waals surface area contributed by atoms with Gasteiger partial charge in [-0.05, 0) is 20.3 Å². The van der Waals surface area contributed by atoms with Gasteiger partial charge < -0.3 is 14.6 Å². The van der Waals surface area contributed by atoms with E-state index in [0.29, 0.717) is 6.42 Å². The first-order valence-corrected chi connectivity index (χ1v) is 4.66. The molecule has 0 radical (unpaired) electrons. The zero-order chi connectivity index (χ0) is 9.90. The van der Waals surface area contributed by atoms with Crippen molar-refractivity contribution in [1.29, 1.82) is 0 Å². The molecule has 0 aromatic heterocycles. The zero-order valence-electron chi connectivity index (χ0n) is 8.32. The summed E-state index contributed by atoms with van der Waals surface area (Å²) in [4.78, 5) is 0. The fraction of sp³-hybridized carbons (Fsp3) is 0.800. The van der Waals surface area contributed by atoms with Gasteiger partial charge in [-0.2, -0.15) is 0 Å². The number of hydrogen-bond donors (Lipinski definition) is 1. The average molecular weight is 186 g/mol. The Hall–Kier alpha value is -0.380. The molecule has 1 fully saturated rings. The van der Waals surface area contributed by atoms with Crippen molar-refractivity contribution in [2.24, 2.45) is 0 Å². The summed E-state index contributed by atoms with van der Waals surface area (Å²) in [6, 6.07) is 0. The normalized spacial score (nSPS) is 32.8. The molecular formula is C10H18O3. The number of rotatable bonds is 3. The first kappa shape index (κ1) is 10.7. The van der Waals surface area contributed by atoms with Gasteiger partial charge >= 0.3 is 0 Å². The van der Waals surface area contributed by atoms with E-state index < -0.39 is 5.79 Å². The lowest BCUT2D eigenvalue weighted by Crippen LogP contribution is -2.44. The Bertz CT molecular complexity index is 177. The fourth-order valence-corrected chi connectivity index (χ4v) is 1.61. The van der Waals surface area contributed by atoms with Gasteiger partial charge in [0, 0.05) is 13.0 Å². The van der Waals surface area contributed by atoms with Crippen molar-refractivity contribution >= 4 is 0 Å². The number of aliphatic hydroxyl groups is 1. The van der Waals surface area contributed by atoms with Crippen molar-refractivity contribution in [1.82, 2.24) is 0 Å². The summed E-state index contributed by atoms with van der Waals surface area (Å²) >= 11 is 0. The maximum absolute atomic E-state index is 8.80. The van der Waals surface area contributed by atoms with Crippen LogP contribution >= 0.6 is 0 Å². The number of ether oxygens (including phenoxy) is 2. The van der Waals surface area contributed by atoms with Crippen LogP contribution in [0.15, 0.2) is 12.7 Å². The molecule has 1 N–H and O–H groups in total. The molecule has 0 aliphatic carbocycles.